The van der Waals surface area contributed by atoms with Crippen LogP contribution in [0, 0.1) is 11.3 Å². The van der Waals surface area contributed by atoms with E-state index in [0.717, 1.165) is 0 Å². The fourth-order valence-electron chi connectivity index (χ4n) is 2.14. The van der Waals surface area contributed by atoms with Gasteiger partial charge in [0.25, 0.3) is 0 Å². The van der Waals surface area contributed by atoms with Crippen LogP contribution in [0.3, 0.4) is 0 Å². The van der Waals surface area contributed by atoms with Gasteiger partial charge in [-0.3, -0.25) is 9.59 Å². The lowest BCUT2D eigenvalue weighted by molar-refractivity contribution is -0.154. The molecule has 1 fully saturated rings. The Bertz CT molecular complexity index is 332. The normalized spacial score (nSPS) is 32.0. The largest absolute Gasteiger partial charge is 0.466 e. The number of esters is 2. The number of hydrogen-bond acceptors (Lipinski definition) is 4. The molecule has 1 aliphatic heterocycles. The van der Waals surface area contributed by atoms with Crippen molar-refractivity contribution >= 4 is 11.9 Å². The zero-order chi connectivity index (χ0) is 12.6. The van der Waals surface area contributed by atoms with E-state index in [2.05, 4.69) is 6.58 Å². The zero-order valence-corrected chi connectivity index (χ0v) is 10.2. The molecule has 0 amide bonds. The topological polar surface area (TPSA) is 52.6 Å². The highest BCUT2D eigenvalue weighted by Gasteiger charge is 2.60. The number of cyclic esters (lactones) is 1. The lowest BCUT2D eigenvalue weighted by atomic mass is 9.73. The van der Waals surface area contributed by atoms with Crippen molar-refractivity contribution in [3.05, 3.63) is 12.7 Å². The molecule has 4 nitrogen and oxygen atoms in total. The second-order valence-corrected chi connectivity index (χ2v) is 4.68. The quantitative estimate of drug-likeness (QED) is 0.543. The van der Waals surface area contributed by atoms with Gasteiger partial charge in [-0.25, -0.2) is 0 Å². The van der Waals surface area contributed by atoms with E-state index in [1.807, 2.05) is 0 Å². The van der Waals surface area contributed by atoms with Crippen LogP contribution in [0.25, 0.3) is 0 Å². The van der Waals surface area contributed by atoms with Gasteiger partial charge in [0.15, 0.2) is 0 Å². The Morgan fingerprint density at radius 3 is 2.56 bits per heavy atom. The molecule has 0 saturated carbocycles. The van der Waals surface area contributed by atoms with Gasteiger partial charge in [-0.1, -0.05) is 6.58 Å². The molecule has 0 radical (unpaired) electrons. The van der Waals surface area contributed by atoms with Crippen LogP contribution in [0.5, 0.6) is 0 Å². The molecular weight excluding hydrogens is 208 g/mol. The van der Waals surface area contributed by atoms with E-state index in [0.29, 0.717) is 0 Å². The minimum atomic E-state index is -0.979. The molecule has 1 saturated heterocycles. The van der Waals surface area contributed by atoms with Gasteiger partial charge >= 0.3 is 11.9 Å². The number of rotatable bonds is 3. The Morgan fingerprint density at radius 1 is 1.56 bits per heavy atom. The third-order valence-corrected chi connectivity index (χ3v) is 3.06. The van der Waals surface area contributed by atoms with Gasteiger partial charge in [-0.05, 0) is 33.8 Å². The third-order valence-electron chi connectivity index (χ3n) is 3.06. The minimum absolute atomic E-state index is 0.285. The van der Waals surface area contributed by atoms with Crippen molar-refractivity contribution in [1.29, 1.82) is 0 Å². The first-order valence-corrected chi connectivity index (χ1v) is 5.33. The molecule has 0 bridgehead atoms. The van der Waals surface area contributed by atoms with Crippen molar-refractivity contribution in [2.45, 2.75) is 33.3 Å². The predicted octanol–water partition coefficient (Wildman–Crippen LogP) is 1.69. The van der Waals surface area contributed by atoms with Gasteiger partial charge in [0.05, 0.1) is 12.0 Å². The first-order chi connectivity index (χ1) is 7.29. The summed E-state index contributed by atoms with van der Waals surface area (Å²) < 4.78 is 10.2. The minimum Gasteiger partial charge on any atom is -0.466 e. The summed E-state index contributed by atoms with van der Waals surface area (Å²) in [4.78, 5) is 23.6. The summed E-state index contributed by atoms with van der Waals surface area (Å²) in [5.41, 5.74) is -1.86. The van der Waals surface area contributed by atoms with E-state index in [4.69, 9.17) is 9.47 Å². The maximum absolute atomic E-state index is 11.9. The van der Waals surface area contributed by atoms with Crippen molar-refractivity contribution in [2.75, 3.05) is 6.61 Å². The van der Waals surface area contributed by atoms with Crippen LogP contribution in [-0.4, -0.2) is 24.1 Å². The van der Waals surface area contributed by atoms with E-state index in [9.17, 15) is 9.59 Å². The Morgan fingerprint density at radius 2 is 2.12 bits per heavy atom. The summed E-state index contributed by atoms with van der Waals surface area (Å²) in [7, 11) is 0. The van der Waals surface area contributed by atoms with E-state index >= 15 is 0 Å². The molecule has 0 aromatic rings. The molecule has 0 aromatic carbocycles. The van der Waals surface area contributed by atoms with Crippen LogP contribution in [0.1, 0.15) is 27.7 Å². The summed E-state index contributed by atoms with van der Waals surface area (Å²) in [6, 6.07) is 0. The van der Waals surface area contributed by atoms with Crippen LogP contribution in [-0.2, 0) is 19.1 Å². The van der Waals surface area contributed by atoms with Gasteiger partial charge in [0.2, 0.25) is 0 Å². The van der Waals surface area contributed by atoms with Crippen molar-refractivity contribution < 1.29 is 19.1 Å². The average molecular weight is 226 g/mol. The molecule has 1 aliphatic rings. The third kappa shape index (κ3) is 1.72. The molecule has 1 heterocycles. The Balaban J connectivity index is 3.13. The van der Waals surface area contributed by atoms with Gasteiger partial charge in [-0.2, -0.15) is 0 Å². The molecule has 0 spiro atoms. The van der Waals surface area contributed by atoms with Crippen LogP contribution < -0.4 is 0 Å². The Labute approximate surface area is 95.6 Å². The summed E-state index contributed by atoms with van der Waals surface area (Å²) >= 11 is 0. The van der Waals surface area contributed by atoms with Crippen LogP contribution in [0.2, 0.25) is 0 Å². The van der Waals surface area contributed by atoms with E-state index < -0.39 is 28.9 Å². The Kier molecular flexibility index (Phi) is 3.13. The van der Waals surface area contributed by atoms with Crippen molar-refractivity contribution in [2.24, 2.45) is 11.3 Å². The second-order valence-electron chi connectivity index (χ2n) is 4.68. The van der Waals surface area contributed by atoms with Gasteiger partial charge in [-0.15, -0.1) is 0 Å². The smallest absolute Gasteiger partial charge is 0.314 e. The highest BCUT2D eigenvalue weighted by Crippen LogP contribution is 2.46. The van der Waals surface area contributed by atoms with Gasteiger partial charge in [0, 0.05) is 0 Å². The molecule has 4 heteroatoms. The fourth-order valence-corrected chi connectivity index (χ4v) is 2.14. The zero-order valence-electron chi connectivity index (χ0n) is 10.2. The molecule has 0 N–H and O–H groups in total. The van der Waals surface area contributed by atoms with Crippen molar-refractivity contribution in [1.82, 2.24) is 0 Å². The number of ether oxygens (including phenoxy) is 2. The first-order valence-electron chi connectivity index (χ1n) is 5.33. The Hall–Kier alpha value is -1.32. The highest BCUT2D eigenvalue weighted by atomic mass is 16.6. The summed E-state index contributed by atoms with van der Waals surface area (Å²) in [5, 5.41) is 0. The van der Waals surface area contributed by atoms with E-state index in [1.165, 1.54) is 6.08 Å². The first kappa shape index (κ1) is 12.7. The summed E-state index contributed by atoms with van der Waals surface area (Å²) in [5.74, 6) is -1.46. The molecule has 16 heavy (non-hydrogen) atoms. The molecule has 0 unspecified atom stereocenters. The molecule has 2 atom stereocenters. The number of carbonyl (C=O) groups is 2. The van der Waals surface area contributed by atoms with Gasteiger partial charge in [0.1, 0.15) is 11.5 Å². The summed E-state index contributed by atoms with van der Waals surface area (Å²) in [6.07, 6.45) is 1.49. The van der Waals surface area contributed by atoms with Gasteiger partial charge < -0.3 is 9.47 Å². The average Bonchev–Trinajstić information content (AvgIpc) is 2.34. The summed E-state index contributed by atoms with van der Waals surface area (Å²) in [6.45, 7) is 10.7. The molecule has 90 valence electrons. The molecule has 0 aromatic heterocycles. The highest BCUT2D eigenvalue weighted by molar-refractivity contribution is 5.89. The van der Waals surface area contributed by atoms with Crippen LogP contribution in [0.4, 0.5) is 0 Å². The second kappa shape index (κ2) is 3.92. The van der Waals surface area contributed by atoms with Crippen LogP contribution >= 0.6 is 0 Å². The van der Waals surface area contributed by atoms with E-state index in [1.54, 1.807) is 27.7 Å². The lowest BCUT2D eigenvalue weighted by Crippen LogP contribution is -2.41. The SMILES string of the molecule is C=C[C@]1(C)OC(=O)C(C)(C)[C@H]1C(=O)OCC. The standard InChI is InChI=1S/C12H18O4/c1-6-12(5)8(9(13)15-7-2)11(3,4)10(14)16-12/h6,8H,1,7H2,2-5H3/t8-,12+/m1/s1. The molecular formula is C12H18O4. The number of carbonyl (C=O) groups excluding carboxylic acids is 2. The fraction of sp³-hybridized carbons (Fsp3) is 0.667. The lowest BCUT2D eigenvalue weighted by Gasteiger charge is -2.28. The monoisotopic (exact) mass is 226 g/mol. The molecule has 1 rings (SSSR count). The van der Waals surface area contributed by atoms with Crippen LogP contribution in [0.15, 0.2) is 12.7 Å². The van der Waals surface area contributed by atoms with Crippen molar-refractivity contribution in [3.63, 3.8) is 0 Å². The maximum atomic E-state index is 11.9. The van der Waals surface area contributed by atoms with Crippen molar-refractivity contribution in [3.8, 4) is 0 Å². The maximum Gasteiger partial charge on any atom is 0.314 e. The predicted molar refractivity (Wildman–Crippen MR) is 58.6 cm³/mol. The molecule has 0 aliphatic carbocycles. The number of hydrogen-bond donors (Lipinski definition) is 0. The van der Waals surface area contributed by atoms with E-state index in [-0.39, 0.29) is 6.61 Å².